The zero-order chi connectivity index (χ0) is 24.2. The second-order valence-electron chi connectivity index (χ2n) is 8.42. The van der Waals surface area contributed by atoms with Crippen LogP contribution >= 0.6 is 0 Å². The third-order valence-corrected chi connectivity index (χ3v) is 5.69. The zero-order valence-electron chi connectivity index (χ0n) is 19.0. The quantitative estimate of drug-likeness (QED) is 0.557. The van der Waals surface area contributed by atoms with Gasteiger partial charge in [0, 0.05) is 32.0 Å². The molecule has 0 unspecified atom stereocenters. The molecule has 0 fully saturated rings. The van der Waals surface area contributed by atoms with Gasteiger partial charge in [-0.25, -0.2) is 0 Å². The third kappa shape index (κ3) is 5.82. The number of amides is 1. The van der Waals surface area contributed by atoms with Crippen molar-refractivity contribution in [2.75, 3.05) is 13.6 Å². The molecule has 33 heavy (non-hydrogen) atoms. The number of pyridine rings is 1. The number of carbonyl (C=O) groups is 1. The highest BCUT2D eigenvalue weighted by atomic mass is 19.4. The summed E-state index contributed by atoms with van der Waals surface area (Å²) < 4.78 is 38.6. The van der Waals surface area contributed by atoms with Crippen molar-refractivity contribution in [3.05, 3.63) is 88.9 Å². The lowest BCUT2D eigenvalue weighted by molar-refractivity contribution is -0.137. The first-order valence-electron chi connectivity index (χ1n) is 10.8. The van der Waals surface area contributed by atoms with E-state index in [1.54, 1.807) is 25.4 Å². The van der Waals surface area contributed by atoms with E-state index in [9.17, 15) is 18.0 Å². The van der Waals surface area contributed by atoms with Crippen LogP contribution in [0.3, 0.4) is 0 Å². The number of likely N-dealkylation sites (N-methyl/N-ethyl adjacent to an activating group) is 1. The van der Waals surface area contributed by atoms with Crippen LogP contribution in [0.2, 0.25) is 0 Å². The number of nitrogens with one attached hydrogen (secondary N) is 2. The van der Waals surface area contributed by atoms with E-state index in [0.29, 0.717) is 25.2 Å². The first-order chi connectivity index (χ1) is 15.6. The first-order valence-corrected chi connectivity index (χ1v) is 10.8. The largest absolute Gasteiger partial charge is 0.416 e. The molecule has 2 N–H and O–H groups in total. The molecule has 2 aromatic rings. The summed E-state index contributed by atoms with van der Waals surface area (Å²) in [6, 6.07) is 7.15. The smallest absolute Gasteiger partial charge is 0.390 e. The van der Waals surface area contributed by atoms with Crippen molar-refractivity contribution in [1.29, 1.82) is 0 Å². The van der Waals surface area contributed by atoms with E-state index >= 15 is 0 Å². The maximum absolute atomic E-state index is 12.9. The number of halogens is 3. The van der Waals surface area contributed by atoms with Gasteiger partial charge in [-0.2, -0.15) is 13.2 Å². The number of rotatable bonds is 8. The molecular weight excluding hydrogens is 429 g/mol. The standard InChI is InChI=1S/C25H29F3N4O/c1-5-6-21(29-4)13-31-24(33)18-11-19-15-32(23(16(2)3)22(19)30-12-18)14-17-7-9-20(10-8-17)25(26,27)28/h5-12,16,23,29H,1,13-15H2,2-4H3,(H,31,33)/b21-6-/t23-/m0/s1. The van der Waals surface area contributed by atoms with Gasteiger partial charge in [0.25, 0.3) is 5.91 Å². The summed E-state index contributed by atoms with van der Waals surface area (Å²) in [6.07, 6.45) is 0.667. The molecule has 0 radical (unpaired) electrons. The lowest BCUT2D eigenvalue weighted by atomic mass is 9.99. The number of benzene rings is 1. The highest BCUT2D eigenvalue weighted by Crippen LogP contribution is 2.39. The Labute approximate surface area is 192 Å². The SMILES string of the molecule is C=C/C=C(/CNC(=O)c1cnc2c(c1)CN(Cc1ccc(C(F)(F)F)cc1)[C@H]2C(C)C)NC. The fraction of sp³-hybridized carbons (Fsp3) is 0.360. The van der Waals surface area contributed by atoms with Crippen molar-refractivity contribution in [2.24, 2.45) is 5.92 Å². The van der Waals surface area contributed by atoms with Crippen LogP contribution < -0.4 is 10.6 Å². The van der Waals surface area contributed by atoms with Crippen molar-refractivity contribution in [1.82, 2.24) is 20.5 Å². The molecule has 3 rings (SSSR count). The number of fused-ring (bicyclic) bond motifs is 1. The minimum Gasteiger partial charge on any atom is -0.390 e. The van der Waals surface area contributed by atoms with Gasteiger partial charge in [-0.15, -0.1) is 0 Å². The van der Waals surface area contributed by atoms with Gasteiger partial charge >= 0.3 is 6.18 Å². The van der Waals surface area contributed by atoms with Gasteiger partial charge in [0.15, 0.2) is 0 Å². The van der Waals surface area contributed by atoms with Gasteiger partial charge in [-0.1, -0.05) is 38.6 Å². The molecule has 0 aliphatic carbocycles. The van der Waals surface area contributed by atoms with Crippen LogP contribution in [0, 0.1) is 5.92 Å². The minimum absolute atomic E-state index is 0.0193. The molecule has 176 valence electrons. The Morgan fingerprint density at radius 2 is 2.00 bits per heavy atom. The fourth-order valence-electron chi connectivity index (χ4n) is 4.10. The van der Waals surface area contributed by atoms with Crippen molar-refractivity contribution >= 4 is 5.91 Å². The Bertz CT molecular complexity index is 1030. The van der Waals surface area contributed by atoms with Crippen molar-refractivity contribution in [2.45, 2.75) is 39.2 Å². The van der Waals surface area contributed by atoms with E-state index in [4.69, 9.17) is 0 Å². The molecule has 0 saturated heterocycles. The van der Waals surface area contributed by atoms with E-state index in [-0.39, 0.29) is 17.9 Å². The summed E-state index contributed by atoms with van der Waals surface area (Å²) in [5.74, 6) is 0.0212. The van der Waals surface area contributed by atoms with Gasteiger partial charge < -0.3 is 10.6 Å². The maximum atomic E-state index is 12.9. The molecule has 1 aromatic heterocycles. The molecule has 0 bridgehead atoms. The number of allylic oxidation sites excluding steroid dienone is 2. The zero-order valence-corrected chi connectivity index (χ0v) is 19.0. The molecule has 2 heterocycles. The summed E-state index contributed by atoms with van der Waals surface area (Å²) in [7, 11) is 1.77. The second kappa shape index (κ2) is 10.2. The molecule has 8 heteroatoms. The second-order valence-corrected chi connectivity index (χ2v) is 8.42. The molecule has 1 amide bonds. The lowest BCUT2D eigenvalue weighted by Gasteiger charge is -2.27. The Morgan fingerprint density at radius 1 is 1.30 bits per heavy atom. The summed E-state index contributed by atoms with van der Waals surface area (Å²) in [4.78, 5) is 19.4. The lowest BCUT2D eigenvalue weighted by Crippen LogP contribution is -2.29. The molecule has 0 saturated carbocycles. The Balaban J connectivity index is 1.75. The third-order valence-electron chi connectivity index (χ3n) is 5.69. The average Bonchev–Trinajstić information content (AvgIpc) is 3.13. The summed E-state index contributed by atoms with van der Waals surface area (Å²) in [5.41, 5.74) is 3.32. The van der Waals surface area contributed by atoms with Crippen LogP contribution in [0.5, 0.6) is 0 Å². The fourth-order valence-corrected chi connectivity index (χ4v) is 4.10. The van der Waals surface area contributed by atoms with E-state index in [1.807, 2.05) is 6.07 Å². The summed E-state index contributed by atoms with van der Waals surface area (Å²) >= 11 is 0. The van der Waals surface area contributed by atoms with E-state index in [2.05, 4.69) is 40.9 Å². The molecule has 1 aliphatic heterocycles. The van der Waals surface area contributed by atoms with Crippen LogP contribution in [0.4, 0.5) is 13.2 Å². The molecule has 1 aromatic carbocycles. The van der Waals surface area contributed by atoms with Crippen molar-refractivity contribution in [3.8, 4) is 0 Å². The number of alkyl halides is 3. The van der Waals surface area contributed by atoms with Crippen molar-refractivity contribution < 1.29 is 18.0 Å². The predicted molar refractivity (Wildman–Crippen MR) is 122 cm³/mol. The van der Waals surface area contributed by atoms with Gasteiger partial charge in [0.1, 0.15) is 0 Å². The number of nitrogens with zero attached hydrogens (tertiary/aromatic N) is 2. The molecule has 5 nitrogen and oxygen atoms in total. The van der Waals surface area contributed by atoms with Crippen LogP contribution in [-0.2, 0) is 19.3 Å². The van der Waals surface area contributed by atoms with Crippen LogP contribution in [0.15, 0.2) is 61.0 Å². The topological polar surface area (TPSA) is 57.3 Å². The average molecular weight is 459 g/mol. The number of carbonyl (C=O) groups excluding carboxylic acids is 1. The number of hydrogen-bond donors (Lipinski definition) is 2. The predicted octanol–water partition coefficient (Wildman–Crippen LogP) is 4.83. The molecule has 0 spiro atoms. The van der Waals surface area contributed by atoms with Crippen LogP contribution in [0.25, 0.3) is 0 Å². The number of aromatic nitrogens is 1. The van der Waals surface area contributed by atoms with Crippen molar-refractivity contribution in [3.63, 3.8) is 0 Å². The highest BCUT2D eigenvalue weighted by Gasteiger charge is 2.35. The van der Waals surface area contributed by atoms with Crippen LogP contribution in [-0.4, -0.2) is 29.4 Å². The minimum atomic E-state index is -4.35. The summed E-state index contributed by atoms with van der Waals surface area (Å²) in [6.45, 7) is 9.25. The highest BCUT2D eigenvalue weighted by molar-refractivity contribution is 5.94. The van der Waals surface area contributed by atoms with Gasteiger partial charge in [-0.05, 0) is 41.3 Å². The molecule has 1 aliphatic rings. The van der Waals surface area contributed by atoms with Crippen LogP contribution in [0.1, 0.15) is 52.6 Å². The normalized spacial score (nSPS) is 16.6. The molecular formula is C25H29F3N4O. The Kier molecular flexibility index (Phi) is 7.58. The van der Waals surface area contributed by atoms with Gasteiger partial charge in [-0.3, -0.25) is 14.7 Å². The molecule has 1 atom stereocenters. The monoisotopic (exact) mass is 458 g/mol. The van der Waals surface area contributed by atoms with E-state index < -0.39 is 11.7 Å². The number of hydrogen-bond acceptors (Lipinski definition) is 4. The first kappa shape index (κ1) is 24.5. The Hall–Kier alpha value is -3.13. The summed E-state index contributed by atoms with van der Waals surface area (Å²) in [5, 5.41) is 5.87. The van der Waals surface area contributed by atoms with E-state index in [1.165, 1.54) is 12.1 Å². The van der Waals surface area contributed by atoms with Gasteiger partial charge in [0.2, 0.25) is 0 Å². The Morgan fingerprint density at radius 3 is 2.58 bits per heavy atom. The van der Waals surface area contributed by atoms with E-state index in [0.717, 1.165) is 34.7 Å². The van der Waals surface area contributed by atoms with Gasteiger partial charge in [0.05, 0.1) is 29.4 Å². The maximum Gasteiger partial charge on any atom is 0.416 e.